The molecule has 0 bridgehead atoms. The van der Waals surface area contributed by atoms with Crippen molar-refractivity contribution in [2.75, 3.05) is 49.8 Å². The monoisotopic (exact) mass is 644 g/mol. The lowest BCUT2D eigenvalue weighted by Crippen LogP contribution is -2.34. The normalized spacial score (nSPS) is 13.1. The lowest BCUT2D eigenvalue weighted by molar-refractivity contribution is 0.154. The molecule has 244 valence electrons. The minimum atomic E-state index is -0.989. The van der Waals surface area contributed by atoms with Gasteiger partial charge in [-0.25, -0.2) is 0 Å². The third-order valence-corrected chi connectivity index (χ3v) is 9.19. The van der Waals surface area contributed by atoms with Crippen LogP contribution in [0.2, 0.25) is 0 Å². The molecule has 0 saturated heterocycles. The highest BCUT2D eigenvalue weighted by Crippen LogP contribution is 2.53. The number of rotatable bonds is 9. The van der Waals surface area contributed by atoms with Crippen LogP contribution in [0.4, 0.5) is 0 Å². The third kappa shape index (κ3) is 4.67. The molecule has 6 aromatic carbocycles. The van der Waals surface area contributed by atoms with Crippen LogP contribution in [0.1, 0.15) is 16.7 Å². The van der Waals surface area contributed by atoms with Gasteiger partial charge in [-0.05, 0) is 93.7 Å². The Balaban J connectivity index is 1.59. The highest BCUT2D eigenvalue weighted by atomic mass is 16.5. The van der Waals surface area contributed by atoms with Gasteiger partial charge in [0.1, 0.15) is 11.5 Å². The van der Waals surface area contributed by atoms with Crippen molar-refractivity contribution >= 4 is 38.4 Å². The summed E-state index contributed by atoms with van der Waals surface area (Å²) in [7, 11) is 11.5. The van der Waals surface area contributed by atoms with Gasteiger partial charge in [-0.3, -0.25) is 0 Å². The van der Waals surface area contributed by atoms with Crippen molar-refractivity contribution in [3.63, 3.8) is 0 Å². The number of benzene rings is 6. The van der Waals surface area contributed by atoms with Gasteiger partial charge in [-0.2, -0.15) is 0 Å². The van der Waals surface area contributed by atoms with Crippen LogP contribution < -0.4 is 37.9 Å². The molecule has 1 aliphatic heterocycles. The summed E-state index contributed by atoms with van der Waals surface area (Å²) in [6.07, 6.45) is 4.23. The second-order valence-corrected chi connectivity index (χ2v) is 11.4. The number of methoxy groups -OCH3 is 7. The number of hydrogen-bond acceptors (Lipinski definition) is 8. The smallest absolute Gasteiger partial charge is 0.178 e. The van der Waals surface area contributed by atoms with Crippen LogP contribution in [-0.4, -0.2) is 49.8 Å². The van der Waals surface area contributed by atoms with E-state index in [0.29, 0.717) is 34.5 Å². The molecule has 0 fully saturated rings. The lowest BCUT2D eigenvalue weighted by Gasteiger charge is -2.37. The SMILES string of the molecule is COc1ccc(C2(c3ccc(OC)cc3)C=Cc3c(c(OC)cc4c5cc(OC)c(OC)cc5c5cc(OC)c(OC)cc5c34)O2)cc1. The van der Waals surface area contributed by atoms with Gasteiger partial charge in [-0.1, -0.05) is 24.3 Å². The van der Waals surface area contributed by atoms with E-state index in [9.17, 15) is 0 Å². The van der Waals surface area contributed by atoms with Crippen LogP contribution in [0.15, 0.2) is 84.9 Å². The van der Waals surface area contributed by atoms with E-state index in [0.717, 1.165) is 60.5 Å². The molecular formula is C40H36O8. The standard InChI is InChI=1S/C40H36O8/c1-41-25-12-8-23(9-13-25)40(24-10-14-26(42-2)15-11-24)17-16-27-38-31-21-36(46-6)35(45-5)19-29(31)28-18-33(43-3)34(44-4)20-30(28)32(38)22-37(47-7)39(27)48-40/h8-22H,1-7H3. The summed E-state index contributed by atoms with van der Waals surface area (Å²) < 4.78 is 47.3. The summed E-state index contributed by atoms with van der Waals surface area (Å²) in [5.41, 5.74) is 1.72. The summed E-state index contributed by atoms with van der Waals surface area (Å²) in [4.78, 5) is 0. The molecule has 0 aliphatic carbocycles. The van der Waals surface area contributed by atoms with Crippen LogP contribution in [0.3, 0.4) is 0 Å². The predicted molar refractivity (Wildman–Crippen MR) is 188 cm³/mol. The highest BCUT2D eigenvalue weighted by Gasteiger charge is 2.39. The Morgan fingerprint density at radius 2 is 0.812 bits per heavy atom. The summed E-state index contributed by atoms with van der Waals surface area (Å²) in [6.45, 7) is 0. The largest absolute Gasteiger partial charge is 0.497 e. The van der Waals surface area contributed by atoms with E-state index in [1.807, 2.05) is 78.9 Å². The average molecular weight is 645 g/mol. The minimum Gasteiger partial charge on any atom is -0.497 e. The quantitative estimate of drug-likeness (QED) is 0.145. The third-order valence-electron chi connectivity index (χ3n) is 9.19. The molecule has 48 heavy (non-hydrogen) atoms. The van der Waals surface area contributed by atoms with E-state index in [4.69, 9.17) is 37.9 Å². The van der Waals surface area contributed by atoms with E-state index >= 15 is 0 Å². The topological polar surface area (TPSA) is 73.8 Å². The molecule has 1 heterocycles. The molecule has 0 unspecified atom stereocenters. The summed E-state index contributed by atoms with van der Waals surface area (Å²) in [5, 5.41) is 5.75. The Labute approximate surface area is 278 Å². The second kappa shape index (κ2) is 12.1. The molecule has 8 nitrogen and oxygen atoms in total. The molecule has 1 aliphatic rings. The van der Waals surface area contributed by atoms with Gasteiger partial charge in [0.25, 0.3) is 0 Å². The lowest BCUT2D eigenvalue weighted by atomic mass is 9.82. The van der Waals surface area contributed by atoms with Crippen LogP contribution >= 0.6 is 0 Å². The van der Waals surface area contributed by atoms with Crippen molar-refractivity contribution < 1.29 is 37.9 Å². The summed E-state index contributed by atoms with van der Waals surface area (Å²) in [6, 6.07) is 25.9. The van der Waals surface area contributed by atoms with Crippen LogP contribution in [0.25, 0.3) is 38.4 Å². The Hall–Kier alpha value is -5.76. The number of ether oxygens (including phenoxy) is 8. The Bertz CT molecular complexity index is 2110. The number of hydrogen-bond donors (Lipinski definition) is 0. The highest BCUT2D eigenvalue weighted by molar-refractivity contribution is 6.28. The van der Waals surface area contributed by atoms with Crippen molar-refractivity contribution in [3.8, 4) is 46.0 Å². The molecule has 0 spiro atoms. The first kappa shape index (κ1) is 30.9. The van der Waals surface area contributed by atoms with E-state index in [2.05, 4.69) is 12.2 Å². The maximum atomic E-state index is 7.22. The van der Waals surface area contributed by atoms with Gasteiger partial charge in [0.2, 0.25) is 0 Å². The second-order valence-electron chi connectivity index (χ2n) is 11.4. The maximum Gasteiger partial charge on any atom is 0.178 e. The Morgan fingerprint density at radius 3 is 1.21 bits per heavy atom. The van der Waals surface area contributed by atoms with Gasteiger partial charge in [-0.15, -0.1) is 0 Å². The fraction of sp³-hybridized carbons (Fsp3) is 0.200. The zero-order valence-corrected chi connectivity index (χ0v) is 27.9. The predicted octanol–water partition coefficient (Wildman–Crippen LogP) is 8.56. The van der Waals surface area contributed by atoms with E-state index in [1.165, 1.54) is 0 Å². The molecule has 0 amide bonds. The molecule has 8 heteroatoms. The number of fused-ring (bicyclic) bond motifs is 8. The minimum absolute atomic E-state index is 0.587. The van der Waals surface area contributed by atoms with Crippen molar-refractivity contribution in [3.05, 3.63) is 102 Å². The summed E-state index contributed by atoms with van der Waals surface area (Å²) >= 11 is 0. The van der Waals surface area contributed by atoms with Crippen molar-refractivity contribution in [1.82, 2.24) is 0 Å². The van der Waals surface area contributed by atoms with Crippen molar-refractivity contribution in [2.24, 2.45) is 0 Å². The molecule has 0 saturated carbocycles. The molecule has 0 aromatic heterocycles. The fourth-order valence-electron chi connectivity index (χ4n) is 6.76. The molecule has 0 atom stereocenters. The Kier molecular flexibility index (Phi) is 7.79. The van der Waals surface area contributed by atoms with Gasteiger partial charge in [0.15, 0.2) is 40.1 Å². The molecule has 0 N–H and O–H groups in total. The molecular weight excluding hydrogens is 608 g/mol. The summed E-state index contributed by atoms with van der Waals surface area (Å²) in [5.74, 6) is 5.17. The Morgan fingerprint density at radius 1 is 0.438 bits per heavy atom. The van der Waals surface area contributed by atoms with Gasteiger partial charge < -0.3 is 37.9 Å². The van der Waals surface area contributed by atoms with Gasteiger partial charge >= 0.3 is 0 Å². The van der Waals surface area contributed by atoms with Crippen LogP contribution in [0.5, 0.6) is 46.0 Å². The van der Waals surface area contributed by atoms with Crippen LogP contribution in [-0.2, 0) is 5.60 Å². The molecule has 0 radical (unpaired) electrons. The fourth-order valence-corrected chi connectivity index (χ4v) is 6.76. The zero-order valence-electron chi connectivity index (χ0n) is 27.9. The van der Waals surface area contributed by atoms with Gasteiger partial charge in [0, 0.05) is 22.1 Å². The van der Waals surface area contributed by atoms with Crippen molar-refractivity contribution in [1.29, 1.82) is 0 Å². The van der Waals surface area contributed by atoms with Crippen molar-refractivity contribution in [2.45, 2.75) is 5.60 Å². The van der Waals surface area contributed by atoms with Gasteiger partial charge in [0.05, 0.1) is 49.8 Å². The zero-order chi connectivity index (χ0) is 33.6. The first-order chi connectivity index (χ1) is 23.4. The first-order valence-corrected chi connectivity index (χ1v) is 15.4. The average Bonchev–Trinajstić information content (AvgIpc) is 3.15. The molecule has 7 rings (SSSR count). The van der Waals surface area contributed by atoms with E-state index in [1.54, 1.807) is 49.8 Å². The van der Waals surface area contributed by atoms with E-state index in [-0.39, 0.29) is 0 Å². The maximum absolute atomic E-state index is 7.22. The first-order valence-electron chi connectivity index (χ1n) is 15.4. The molecule has 6 aromatic rings. The van der Waals surface area contributed by atoms with E-state index < -0.39 is 5.60 Å². The van der Waals surface area contributed by atoms with Crippen LogP contribution in [0, 0.1) is 0 Å².